The van der Waals surface area contributed by atoms with Crippen LogP contribution in [0.1, 0.15) is 42.9 Å². The Bertz CT molecular complexity index is 315. The third kappa shape index (κ3) is 1.88. The lowest BCUT2D eigenvalue weighted by atomic mass is 10.1. The molecule has 4 heteroatoms. The molecule has 72 valence electrons. The van der Waals surface area contributed by atoms with Gasteiger partial charge in [-0.3, -0.25) is 9.48 Å². The van der Waals surface area contributed by atoms with Gasteiger partial charge in [-0.15, -0.1) is 0 Å². The van der Waals surface area contributed by atoms with Crippen molar-refractivity contribution in [2.75, 3.05) is 0 Å². The van der Waals surface area contributed by atoms with Gasteiger partial charge < -0.3 is 5.73 Å². The zero-order chi connectivity index (χ0) is 10.0. The largest absolute Gasteiger partial charge is 0.364 e. The molecule has 0 unspecified atom stereocenters. The zero-order valence-corrected chi connectivity index (χ0v) is 8.24. The molecule has 0 radical (unpaired) electrons. The van der Waals surface area contributed by atoms with Crippen molar-refractivity contribution in [2.24, 2.45) is 5.73 Å². The second kappa shape index (κ2) is 3.60. The Kier molecular flexibility index (Phi) is 2.70. The third-order valence-electron chi connectivity index (χ3n) is 1.94. The van der Waals surface area contributed by atoms with Crippen LogP contribution in [-0.4, -0.2) is 15.7 Å². The van der Waals surface area contributed by atoms with Crippen LogP contribution in [0.25, 0.3) is 0 Å². The minimum absolute atomic E-state index is 0.325. The molecule has 0 aliphatic carbocycles. The molecule has 0 saturated heterocycles. The highest BCUT2D eigenvalue weighted by Crippen LogP contribution is 2.13. The monoisotopic (exact) mass is 181 g/mol. The van der Waals surface area contributed by atoms with Gasteiger partial charge in [0.25, 0.3) is 5.91 Å². The van der Waals surface area contributed by atoms with E-state index in [-0.39, 0.29) is 0 Å². The van der Waals surface area contributed by atoms with Crippen LogP contribution in [0.15, 0.2) is 6.07 Å². The van der Waals surface area contributed by atoms with Crippen molar-refractivity contribution >= 4 is 5.91 Å². The Hall–Kier alpha value is -1.32. The molecule has 1 aromatic heterocycles. The number of nitrogens with two attached hydrogens (primary N) is 1. The zero-order valence-electron chi connectivity index (χ0n) is 8.24. The molecule has 0 bridgehead atoms. The molecule has 1 rings (SSSR count). The fourth-order valence-electron chi connectivity index (χ4n) is 1.16. The van der Waals surface area contributed by atoms with Crippen molar-refractivity contribution in [2.45, 2.75) is 33.2 Å². The summed E-state index contributed by atoms with van der Waals surface area (Å²) >= 11 is 0. The van der Waals surface area contributed by atoms with Crippen LogP contribution in [0.2, 0.25) is 0 Å². The number of nitrogens with zero attached hydrogens (tertiary/aromatic N) is 2. The molecule has 1 aromatic rings. The molecular formula is C9H15N3O. The van der Waals surface area contributed by atoms with E-state index in [4.69, 9.17) is 5.73 Å². The lowest BCUT2D eigenvalue weighted by molar-refractivity contribution is 0.0990. The number of carbonyl (C=O) groups excluding carboxylic acids is 1. The third-order valence-corrected chi connectivity index (χ3v) is 1.94. The first-order chi connectivity index (χ1) is 6.06. The summed E-state index contributed by atoms with van der Waals surface area (Å²) in [7, 11) is 0. The highest BCUT2D eigenvalue weighted by molar-refractivity contribution is 5.91. The number of aryl methyl sites for hydroxylation is 1. The highest BCUT2D eigenvalue weighted by atomic mass is 16.1. The lowest BCUT2D eigenvalue weighted by Gasteiger charge is -1.99. The number of hydrogen-bond acceptors (Lipinski definition) is 2. The molecule has 0 saturated carbocycles. The molecule has 0 atom stereocenters. The molecule has 0 aliphatic rings. The van der Waals surface area contributed by atoms with Crippen LogP contribution in [0.5, 0.6) is 0 Å². The number of carbonyl (C=O) groups is 1. The molecule has 13 heavy (non-hydrogen) atoms. The summed E-state index contributed by atoms with van der Waals surface area (Å²) in [6.07, 6.45) is 0. The van der Waals surface area contributed by atoms with Crippen molar-refractivity contribution in [3.63, 3.8) is 0 Å². The van der Waals surface area contributed by atoms with Gasteiger partial charge in [-0.25, -0.2) is 0 Å². The van der Waals surface area contributed by atoms with Crippen LogP contribution in [0, 0.1) is 0 Å². The van der Waals surface area contributed by atoms with Gasteiger partial charge in [0.05, 0.1) is 5.69 Å². The van der Waals surface area contributed by atoms with Gasteiger partial charge >= 0.3 is 0 Å². The van der Waals surface area contributed by atoms with E-state index in [0.717, 1.165) is 5.69 Å². The van der Waals surface area contributed by atoms with Gasteiger partial charge in [0.15, 0.2) is 0 Å². The second-order valence-electron chi connectivity index (χ2n) is 3.29. The Labute approximate surface area is 77.7 Å². The average molecular weight is 181 g/mol. The molecular weight excluding hydrogens is 166 g/mol. The van der Waals surface area contributed by atoms with Crippen molar-refractivity contribution in [1.29, 1.82) is 0 Å². The van der Waals surface area contributed by atoms with Crippen LogP contribution >= 0.6 is 0 Å². The van der Waals surface area contributed by atoms with Crippen molar-refractivity contribution in [3.8, 4) is 0 Å². The van der Waals surface area contributed by atoms with Gasteiger partial charge in [0.1, 0.15) is 5.69 Å². The first-order valence-electron chi connectivity index (χ1n) is 4.43. The van der Waals surface area contributed by atoms with Gasteiger partial charge in [-0.1, -0.05) is 13.8 Å². The number of aromatic nitrogens is 2. The number of amides is 1. The predicted octanol–water partition coefficient (Wildman–Crippen LogP) is 1.13. The van der Waals surface area contributed by atoms with E-state index >= 15 is 0 Å². The molecule has 1 heterocycles. The quantitative estimate of drug-likeness (QED) is 0.759. The summed E-state index contributed by atoms with van der Waals surface area (Å²) in [5, 5.41) is 4.27. The Morgan fingerprint density at radius 1 is 1.69 bits per heavy atom. The SMILES string of the molecule is CCn1nc(C(C)C)cc1C(N)=O. The smallest absolute Gasteiger partial charge is 0.266 e. The van der Waals surface area contributed by atoms with E-state index in [9.17, 15) is 4.79 Å². The maximum Gasteiger partial charge on any atom is 0.266 e. The summed E-state index contributed by atoms with van der Waals surface area (Å²) in [6, 6.07) is 1.76. The molecule has 0 spiro atoms. The van der Waals surface area contributed by atoms with Crippen molar-refractivity contribution in [1.82, 2.24) is 9.78 Å². The lowest BCUT2D eigenvalue weighted by Crippen LogP contribution is -2.16. The summed E-state index contributed by atoms with van der Waals surface area (Å²) in [6.45, 7) is 6.68. The minimum Gasteiger partial charge on any atom is -0.364 e. The first-order valence-corrected chi connectivity index (χ1v) is 4.43. The maximum atomic E-state index is 11.0. The van der Waals surface area contributed by atoms with Crippen molar-refractivity contribution < 1.29 is 4.79 Å². The van der Waals surface area contributed by atoms with E-state index < -0.39 is 5.91 Å². The van der Waals surface area contributed by atoms with Gasteiger partial charge in [-0.05, 0) is 18.9 Å². The standard InChI is InChI=1S/C9H15N3O/c1-4-12-8(9(10)13)5-7(11-12)6(2)3/h5-6H,4H2,1-3H3,(H2,10,13). The number of rotatable bonds is 3. The fraction of sp³-hybridized carbons (Fsp3) is 0.556. The van der Waals surface area contributed by atoms with E-state index in [2.05, 4.69) is 5.10 Å². The Morgan fingerprint density at radius 3 is 2.62 bits per heavy atom. The van der Waals surface area contributed by atoms with Crippen molar-refractivity contribution in [3.05, 3.63) is 17.5 Å². The number of hydrogen-bond donors (Lipinski definition) is 1. The molecule has 0 fully saturated rings. The maximum absolute atomic E-state index is 11.0. The predicted molar refractivity (Wildman–Crippen MR) is 50.5 cm³/mol. The van der Waals surface area contributed by atoms with E-state index in [1.54, 1.807) is 10.7 Å². The molecule has 2 N–H and O–H groups in total. The van der Waals surface area contributed by atoms with E-state index in [0.29, 0.717) is 18.2 Å². The molecule has 4 nitrogen and oxygen atoms in total. The molecule has 0 aromatic carbocycles. The molecule has 1 amide bonds. The van der Waals surface area contributed by atoms with Crippen LogP contribution in [0.3, 0.4) is 0 Å². The second-order valence-corrected chi connectivity index (χ2v) is 3.29. The van der Waals surface area contributed by atoms with Gasteiger partial charge in [-0.2, -0.15) is 5.10 Å². The first kappa shape index (κ1) is 9.77. The van der Waals surface area contributed by atoms with Crippen LogP contribution in [-0.2, 0) is 6.54 Å². The Balaban J connectivity index is 3.11. The summed E-state index contributed by atoms with van der Waals surface area (Å²) in [5.41, 5.74) is 6.61. The topological polar surface area (TPSA) is 60.9 Å². The average Bonchev–Trinajstić information content (AvgIpc) is 2.47. The van der Waals surface area contributed by atoms with Crippen LogP contribution < -0.4 is 5.73 Å². The van der Waals surface area contributed by atoms with Gasteiger partial charge in [0.2, 0.25) is 0 Å². The summed E-state index contributed by atoms with van der Waals surface area (Å²) in [5.74, 6) is -0.0906. The summed E-state index contributed by atoms with van der Waals surface area (Å²) < 4.78 is 1.64. The van der Waals surface area contributed by atoms with E-state index in [1.165, 1.54) is 0 Å². The highest BCUT2D eigenvalue weighted by Gasteiger charge is 2.12. The van der Waals surface area contributed by atoms with E-state index in [1.807, 2.05) is 20.8 Å². The van der Waals surface area contributed by atoms with Gasteiger partial charge in [0, 0.05) is 6.54 Å². The number of primary amides is 1. The van der Waals surface area contributed by atoms with Crippen LogP contribution in [0.4, 0.5) is 0 Å². The molecule has 0 aliphatic heterocycles. The normalized spacial score (nSPS) is 10.8. The minimum atomic E-state index is -0.416. The fourth-order valence-corrected chi connectivity index (χ4v) is 1.16. The summed E-state index contributed by atoms with van der Waals surface area (Å²) in [4.78, 5) is 11.0. The Morgan fingerprint density at radius 2 is 2.31 bits per heavy atom.